The van der Waals surface area contributed by atoms with E-state index in [4.69, 9.17) is 0 Å². The number of carbonyl (C=O) groups excluding carboxylic acids is 1. The molecule has 1 atom stereocenters. The Kier molecular flexibility index (Phi) is 5.07. The molecule has 0 heterocycles. The quantitative estimate of drug-likeness (QED) is 0.878. The molecule has 5 heteroatoms. The van der Waals surface area contributed by atoms with E-state index in [1.807, 2.05) is 31.2 Å². The molecule has 1 unspecified atom stereocenters. The van der Waals surface area contributed by atoms with Crippen molar-refractivity contribution in [2.45, 2.75) is 19.4 Å². The van der Waals surface area contributed by atoms with Gasteiger partial charge in [-0.3, -0.25) is 4.79 Å². The van der Waals surface area contributed by atoms with Crippen LogP contribution in [0.5, 0.6) is 0 Å². The minimum Gasteiger partial charge on any atom is -0.349 e. The van der Waals surface area contributed by atoms with Crippen LogP contribution in [0.25, 0.3) is 0 Å². The van der Waals surface area contributed by atoms with E-state index in [9.17, 15) is 13.6 Å². The predicted octanol–water partition coefficient (Wildman–Crippen LogP) is 4.15. The fraction of sp³-hybridized carbons (Fsp3) is 0.188. The Morgan fingerprint density at radius 2 is 1.81 bits per heavy atom. The largest absolute Gasteiger partial charge is 0.349 e. The number of benzene rings is 2. The van der Waals surface area contributed by atoms with Crippen LogP contribution in [0.1, 0.15) is 24.1 Å². The molecule has 0 radical (unpaired) electrons. The molecule has 110 valence electrons. The normalized spacial score (nSPS) is 12.0. The highest BCUT2D eigenvalue weighted by molar-refractivity contribution is 9.10. The van der Waals surface area contributed by atoms with Gasteiger partial charge in [0.1, 0.15) is 11.6 Å². The maximum Gasteiger partial charge on any atom is 0.225 e. The van der Waals surface area contributed by atoms with E-state index in [1.165, 1.54) is 6.07 Å². The van der Waals surface area contributed by atoms with Crippen molar-refractivity contribution in [2.24, 2.45) is 0 Å². The molecule has 21 heavy (non-hydrogen) atoms. The summed E-state index contributed by atoms with van der Waals surface area (Å²) in [6.07, 6.45) is -0.323. The fourth-order valence-electron chi connectivity index (χ4n) is 2.01. The molecular formula is C16H14BrF2NO. The topological polar surface area (TPSA) is 29.1 Å². The van der Waals surface area contributed by atoms with Crippen molar-refractivity contribution in [3.05, 3.63) is 69.7 Å². The molecule has 0 bridgehead atoms. The van der Waals surface area contributed by atoms with E-state index < -0.39 is 17.5 Å². The van der Waals surface area contributed by atoms with Gasteiger partial charge in [-0.05, 0) is 36.8 Å². The average Bonchev–Trinajstić information content (AvgIpc) is 2.43. The minimum absolute atomic E-state index is 0.212. The summed E-state index contributed by atoms with van der Waals surface area (Å²) in [7, 11) is 0. The second-order valence-corrected chi connectivity index (χ2v) is 5.64. The molecule has 2 rings (SSSR count). The second-order valence-electron chi connectivity index (χ2n) is 4.72. The van der Waals surface area contributed by atoms with E-state index in [1.54, 1.807) is 0 Å². The number of amides is 1. The van der Waals surface area contributed by atoms with Crippen LogP contribution in [0.4, 0.5) is 8.78 Å². The summed E-state index contributed by atoms with van der Waals surface area (Å²) in [5, 5.41) is 2.73. The van der Waals surface area contributed by atoms with Crippen molar-refractivity contribution in [2.75, 3.05) is 0 Å². The number of hydrogen-bond acceptors (Lipinski definition) is 1. The van der Waals surface area contributed by atoms with Gasteiger partial charge < -0.3 is 5.32 Å². The molecule has 0 saturated carbocycles. The zero-order valence-corrected chi connectivity index (χ0v) is 13.0. The first-order valence-corrected chi connectivity index (χ1v) is 7.24. The molecule has 0 aliphatic heterocycles. The van der Waals surface area contributed by atoms with Gasteiger partial charge in [-0.2, -0.15) is 0 Å². The molecule has 2 aromatic rings. The highest BCUT2D eigenvalue weighted by Crippen LogP contribution is 2.18. The van der Waals surface area contributed by atoms with Gasteiger partial charge in [-0.15, -0.1) is 0 Å². The number of carbonyl (C=O) groups is 1. The third-order valence-corrected chi connectivity index (χ3v) is 3.62. The van der Waals surface area contributed by atoms with Crippen molar-refractivity contribution in [1.82, 2.24) is 5.32 Å². The van der Waals surface area contributed by atoms with Gasteiger partial charge in [0.05, 0.1) is 12.5 Å². The Labute approximate surface area is 130 Å². The Bertz CT molecular complexity index is 640. The number of halogens is 3. The van der Waals surface area contributed by atoms with E-state index in [-0.39, 0.29) is 18.0 Å². The summed E-state index contributed by atoms with van der Waals surface area (Å²) >= 11 is 3.36. The molecule has 0 aliphatic carbocycles. The van der Waals surface area contributed by atoms with Gasteiger partial charge in [0, 0.05) is 10.0 Å². The summed E-state index contributed by atoms with van der Waals surface area (Å²) in [6.45, 7) is 1.82. The molecule has 0 saturated heterocycles. The zero-order valence-electron chi connectivity index (χ0n) is 11.4. The first-order valence-electron chi connectivity index (χ1n) is 6.45. The third kappa shape index (κ3) is 4.11. The van der Waals surface area contributed by atoms with Crippen LogP contribution in [0.2, 0.25) is 0 Å². The number of nitrogens with one attached hydrogen (secondary N) is 1. The van der Waals surface area contributed by atoms with Gasteiger partial charge in [0.2, 0.25) is 5.91 Å². The Morgan fingerprint density at radius 3 is 2.43 bits per heavy atom. The van der Waals surface area contributed by atoms with Crippen LogP contribution in [-0.2, 0) is 11.2 Å². The molecule has 0 aliphatic rings. The second kappa shape index (κ2) is 6.80. The predicted molar refractivity (Wildman–Crippen MR) is 80.8 cm³/mol. The SMILES string of the molecule is CC(NC(=O)Cc1c(F)cccc1F)c1cccc(Br)c1. The van der Waals surface area contributed by atoms with Crippen LogP contribution in [-0.4, -0.2) is 5.91 Å². The van der Waals surface area contributed by atoms with E-state index in [0.29, 0.717) is 0 Å². The Morgan fingerprint density at radius 1 is 1.19 bits per heavy atom. The molecule has 0 fully saturated rings. The van der Waals surface area contributed by atoms with Gasteiger partial charge in [0.25, 0.3) is 0 Å². The van der Waals surface area contributed by atoms with Gasteiger partial charge in [0.15, 0.2) is 0 Å². The summed E-state index contributed by atoms with van der Waals surface area (Å²) in [5.74, 6) is -1.84. The molecule has 1 N–H and O–H groups in total. The van der Waals surface area contributed by atoms with Gasteiger partial charge in [-0.1, -0.05) is 34.1 Å². The smallest absolute Gasteiger partial charge is 0.225 e. The van der Waals surface area contributed by atoms with Crippen LogP contribution in [0.3, 0.4) is 0 Å². The maximum atomic E-state index is 13.5. The molecule has 1 amide bonds. The van der Waals surface area contributed by atoms with Crippen molar-refractivity contribution < 1.29 is 13.6 Å². The lowest BCUT2D eigenvalue weighted by atomic mass is 10.1. The van der Waals surface area contributed by atoms with Crippen LogP contribution in [0.15, 0.2) is 46.9 Å². The van der Waals surface area contributed by atoms with Crippen molar-refractivity contribution in [1.29, 1.82) is 0 Å². The fourth-order valence-corrected chi connectivity index (χ4v) is 2.43. The Hall–Kier alpha value is -1.75. The average molecular weight is 354 g/mol. The standard InChI is InChI=1S/C16H14BrF2NO/c1-10(11-4-2-5-12(17)8-11)20-16(21)9-13-14(18)6-3-7-15(13)19/h2-8,10H,9H2,1H3,(H,20,21). The first-order chi connectivity index (χ1) is 9.97. The minimum atomic E-state index is -0.708. The third-order valence-electron chi connectivity index (χ3n) is 3.13. The summed E-state index contributed by atoms with van der Waals surface area (Å²) in [5.41, 5.74) is 0.697. The van der Waals surface area contributed by atoms with Crippen LogP contribution >= 0.6 is 15.9 Å². The lowest BCUT2D eigenvalue weighted by Crippen LogP contribution is -2.28. The van der Waals surface area contributed by atoms with E-state index in [0.717, 1.165) is 22.2 Å². The maximum absolute atomic E-state index is 13.5. The van der Waals surface area contributed by atoms with Gasteiger partial charge >= 0.3 is 0 Å². The summed E-state index contributed by atoms with van der Waals surface area (Å²) in [6, 6.07) is 10.8. The summed E-state index contributed by atoms with van der Waals surface area (Å²) in [4.78, 5) is 11.9. The molecule has 2 aromatic carbocycles. The molecular weight excluding hydrogens is 340 g/mol. The number of hydrogen-bond donors (Lipinski definition) is 1. The lowest BCUT2D eigenvalue weighted by Gasteiger charge is -2.15. The zero-order chi connectivity index (χ0) is 15.4. The van der Waals surface area contributed by atoms with Crippen LogP contribution < -0.4 is 5.32 Å². The van der Waals surface area contributed by atoms with Crippen molar-refractivity contribution in [3.63, 3.8) is 0 Å². The van der Waals surface area contributed by atoms with Gasteiger partial charge in [-0.25, -0.2) is 8.78 Å². The van der Waals surface area contributed by atoms with Crippen molar-refractivity contribution >= 4 is 21.8 Å². The van der Waals surface area contributed by atoms with Crippen molar-refractivity contribution in [3.8, 4) is 0 Å². The summed E-state index contributed by atoms with van der Waals surface area (Å²) < 4.78 is 27.9. The Balaban J connectivity index is 2.05. The first kappa shape index (κ1) is 15.6. The molecule has 2 nitrogen and oxygen atoms in total. The molecule has 0 aromatic heterocycles. The van der Waals surface area contributed by atoms with E-state index in [2.05, 4.69) is 21.2 Å². The monoisotopic (exact) mass is 353 g/mol. The van der Waals surface area contributed by atoms with E-state index >= 15 is 0 Å². The molecule has 0 spiro atoms. The number of rotatable bonds is 4. The van der Waals surface area contributed by atoms with Crippen LogP contribution in [0, 0.1) is 11.6 Å². The lowest BCUT2D eigenvalue weighted by molar-refractivity contribution is -0.121. The highest BCUT2D eigenvalue weighted by Gasteiger charge is 2.15. The highest BCUT2D eigenvalue weighted by atomic mass is 79.9.